The molecule has 1 aliphatic rings. The summed E-state index contributed by atoms with van der Waals surface area (Å²) in [7, 11) is -3.72. The average molecular weight is 463 g/mol. The molecule has 1 heterocycles. The minimum Gasteiger partial charge on any atom is -0.449 e. The monoisotopic (exact) mass is 462 g/mol. The molecule has 2 aromatic carbocycles. The molecule has 1 unspecified atom stereocenters. The summed E-state index contributed by atoms with van der Waals surface area (Å²) < 4.78 is 45.7. The number of aryl methyl sites for hydroxylation is 1. The van der Waals surface area contributed by atoms with Gasteiger partial charge in [-0.05, 0) is 62.1 Å². The smallest absolute Gasteiger partial charge is 0.338 e. The van der Waals surface area contributed by atoms with Crippen LogP contribution in [0.2, 0.25) is 0 Å². The number of nitrogens with zero attached hydrogens (tertiary/aromatic N) is 1. The number of rotatable bonds is 7. The Morgan fingerprint density at radius 1 is 1.09 bits per heavy atom. The second-order valence-electron chi connectivity index (χ2n) is 7.84. The quantitative estimate of drug-likeness (QED) is 0.638. The van der Waals surface area contributed by atoms with Gasteiger partial charge in [0.2, 0.25) is 10.0 Å². The number of piperidine rings is 1. The summed E-state index contributed by atoms with van der Waals surface area (Å²) in [5.74, 6) is -1.68. The molecule has 7 nitrogen and oxygen atoms in total. The van der Waals surface area contributed by atoms with Crippen molar-refractivity contribution in [1.82, 2.24) is 9.62 Å². The van der Waals surface area contributed by atoms with E-state index in [1.54, 1.807) is 25.1 Å². The van der Waals surface area contributed by atoms with Crippen molar-refractivity contribution in [1.29, 1.82) is 0 Å². The van der Waals surface area contributed by atoms with E-state index in [1.807, 2.05) is 0 Å². The van der Waals surface area contributed by atoms with Gasteiger partial charge in [0.15, 0.2) is 6.10 Å². The number of nitrogens with one attached hydrogen (secondary N) is 1. The first-order valence-corrected chi connectivity index (χ1v) is 12.0. The van der Waals surface area contributed by atoms with Crippen LogP contribution in [-0.4, -0.2) is 43.8 Å². The summed E-state index contributed by atoms with van der Waals surface area (Å²) in [6.07, 6.45) is 1.53. The van der Waals surface area contributed by atoms with E-state index < -0.39 is 28.0 Å². The molecule has 9 heteroatoms. The summed E-state index contributed by atoms with van der Waals surface area (Å²) >= 11 is 0. The molecule has 1 aliphatic heterocycles. The lowest BCUT2D eigenvalue weighted by Crippen LogP contribution is -2.36. The lowest BCUT2D eigenvalue weighted by molar-refractivity contribution is -0.129. The van der Waals surface area contributed by atoms with Gasteiger partial charge in [0.1, 0.15) is 5.82 Å². The molecule has 1 fully saturated rings. The minimum atomic E-state index is -3.72. The summed E-state index contributed by atoms with van der Waals surface area (Å²) in [6.45, 7) is 4.18. The van der Waals surface area contributed by atoms with Gasteiger partial charge in [0, 0.05) is 19.6 Å². The molecule has 2 aromatic rings. The van der Waals surface area contributed by atoms with Gasteiger partial charge in [-0.15, -0.1) is 0 Å². The number of esters is 1. The van der Waals surface area contributed by atoms with Gasteiger partial charge >= 0.3 is 5.97 Å². The second kappa shape index (κ2) is 10.2. The number of sulfonamides is 1. The van der Waals surface area contributed by atoms with Crippen LogP contribution < -0.4 is 5.32 Å². The zero-order chi connectivity index (χ0) is 23.3. The van der Waals surface area contributed by atoms with Gasteiger partial charge in [0.05, 0.1) is 10.5 Å². The van der Waals surface area contributed by atoms with Gasteiger partial charge in [-0.3, -0.25) is 4.79 Å². The Morgan fingerprint density at radius 3 is 2.41 bits per heavy atom. The Balaban J connectivity index is 1.66. The van der Waals surface area contributed by atoms with E-state index in [4.69, 9.17) is 4.74 Å². The Morgan fingerprint density at radius 2 is 1.75 bits per heavy atom. The molecule has 1 amide bonds. The number of hydrogen-bond acceptors (Lipinski definition) is 5. The molecule has 0 bridgehead atoms. The van der Waals surface area contributed by atoms with Crippen LogP contribution in [0.4, 0.5) is 4.39 Å². The molecule has 1 saturated heterocycles. The highest BCUT2D eigenvalue weighted by Gasteiger charge is 2.28. The van der Waals surface area contributed by atoms with Crippen molar-refractivity contribution in [3.63, 3.8) is 0 Å². The lowest BCUT2D eigenvalue weighted by Gasteiger charge is -2.26. The summed E-state index contributed by atoms with van der Waals surface area (Å²) in [6, 6.07) is 10.0. The van der Waals surface area contributed by atoms with Crippen LogP contribution >= 0.6 is 0 Å². The van der Waals surface area contributed by atoms with Crippen LogP contribution in [0.25, 0.3) is 0 Å². The van der Waals surface area contributed by atoms with Gasteiger partial charge in [-0.1, -0.05) is 24.6 Å². The molecule has 3 rings (SSSR count). The molecule has 1 atom stereocenters. The Bertz CT molecular complexity index is 1080. The van der Waals surface area contributed by atoms with Crippen molar-refractivity contribution in [2.45, 2.75) is 50.7 Å². The van der Waals surface area contributed by atoms with E-state index in [2.05, 4.69) is 5.32 Å². The normalized spacial score (nSPS) is 15.7. The number of benzene rings is 2. The third-order valence-electron chi connectivity index (χ3n) is 5.39. The van der Waals surface area contributed by atoms with Gasteiger partial charge in [-0.25, -0.2) is 17.6 Å². The highest BCUT2D eigenvalue weighted by atomic mass is 32.2. The van der Waals surface area contributed by atoms with E-state index in [9.17, 15) is 22.4 Å². The molecule has 32 heavy (non-hydrogen) atoms. The van der Waals surface area contributed by atoms with E-state index in [-0.39, 0.29) is 22.8 Å². The number of halogens is 1. The molecular formula is C23H27FN2O5S. The summed E-state index contributed by atoms with van der Waals surface area (Å²) in [5.41, 5.74) is 1.30. The third-order valence-corrected chi connectivity index (χ3v) is 7.43. The topological polar surface area (TPSA) is 92.8 Å². The van der Waals surface area contributed by atoms with Crippen LogP contribution in [0.3, 0.4) is 0 Å². The molecule has 0 radical (unpaired) electrons. The second-order valence-corrected chi connectivity index (χ2v) is 9.74. The fourth-order valence-corrected chi connectivity index (χ4v) is 5.23. The number of amides is 1. The molecule has 1 N–H and O–H groups in total. The highest BCUT2D eigenvalue weighted by molar-refractivity contribution is 7.89. The fraction of sp³-hybridized carbons (Fsp3) is 0.391. The van der Waals surface area contributed by atoms with Crippen molar-refractivity contribution in [2.24, 2.45) is 0 Å². The van der Waals surface area contributed by atoms with Crippen LogP contribution in [0.15, 0.2) is 47.4 Å². The first-order chi connectivity index (χ1) is 15.2. The third kappa shape index (κ3) is 5.72. The first-order valence-electron chi connectivity index (χ1n) is 10.5. The zero-order valence-corrected chi connectivity index (χ0v) is 19.0. The maximum atomic E-state index is 13.0. The van der Waals surface area contributed by atoms with Crippen LogP contribution in [-0.2, 0) is 26.1 Å². The van der Waals surface area contributed by atoms with Crippen LogP contribution in [0.5, 0.6) is 0 Å². The number of carbonyl (C=O) groups is 2. The SMILES string of the molecule is Cc1ccc(C(=O)OC(C)C(=O)NCc2ccc(F)cc2)cc1S(=O)(=O)N1CCCCC1. The first kappa shape index (κ1) is 23.9. The Labute approximate surface area is 187 Å². The average Bonchev–Trinajstić information content (AvgIpc) is 2.79. The number of ether oxygens (including phenoxy) is 1. The fourth-order valence-electron chi connectivity index (χ4n) is 3.47. The van der Waals surface area contributed by atoms with E-state index in [1.165, 1.54) is 35.5 Å². The zero-order valence-electron chi connectivity index (χ0n) is 18.1. The molecular weight excluding hydrogens is 435 g/mol. The van der Waals surface area contributed by atoms with E-state index >= 15 is 0 Å². The van der Waals surface area contributed by atoms with Gasteiger partial charge in [-0.2, -0.15) is 4.31 Å². The van der Waals surface area contributed by atoms with Gasteiger partial charge in [0.25, 0.3) is 5.91 Å². The maximum Gasteiger partial charge on any atom is 0.338 e. The van der Waals surface area contributed by atoms with Gasteiger partial charge < -0.3 is 10.1 Å². The predicted molar refractivity (Wildman–Crippen MR) is 117 cm³/mol. The van der Waals surface area contributed by atoms with Crippen LogP contribution in [0, 0.1) is 12.7 Å². The highest BCUT2D eigenvalue weighted by Crippen LogP contribution is 2.24. The lowest BCUT2D eigenvalue weighted by atomic mass is 10.1. The summed E-state index contributed by atoms with van der Waals surface area (Å²) in [4.78, 5) is 24.9. The molecule has 172 valence electrons. The van der Waals surface area contributed by atoms with E-state index in [0.29, 0.717) is 24.2 Å². The molecule has 0 saturated carbocycles. The molecule has 0 aliphatic carbocycles. The van der Waals surface area contributed by atoms with Crippen LogP contribution in [0.1, 0.15) is 47.7 Å². The molecule has 0 spiro atoms. The van der Waals surface area contributed by atoms with Crippen molar-refractivity contribution in [2.75, 3.05) is 13.1 Å². The standard InChI is InChI=1S/C23H27FN2O5S/c1-16-6-9-19(14-21(16)32(29,30)26-12-4-3-5-13-26)23(28)31-17(2)22(27)25-15-18-7-10-20(24)11-8-18/h6-11,14,17H,3-5,12-13,15H2,1-2H3,(H,25,27). The Kier molecular flexibility index (Phi) is 7.63. The van der Waals surface area contributed by atoms with Crippen molar-refractivity contribution in [3.8, 4) is 0 Å². The molecule has 0 aromatic heterocycles. The maximum absolute atomic E-state index is 13.0. The number of carbonyl (C=O) groups excluding carboxylic acids is 2. The summed E-state index contributed by atoms with van der Waals surface area (Å²) in [5, 5.41) is 2.62. The largest absolute Gasteiger partial charge is 0.449 e. The Hall–Kier alpha value is -2.78. The van der Waals surface area contributed by atoms with Crippen molar-refractivity contribution >= 4 is 21.9 Å². The number of hydrogen-bond donors (Lipinski definition) is 1. The van der Waals surface area contributed by atoms with E-state index in [0.717, 1.165) is 19.3 Å². The van der Waals surface area contributed by atoms with Crippen molar-refractivity contribution < 1.29 is 27.1 Å². The van der Waals surface area contributed by atoms with Crippen molar-refractivity contribution in [3.05, 3.63) is 65.0 Å². The minimum absolute atomic E-state index is 0.0596. The predicted octanol–water partition coefficient (Wildman–Crippen LogP) is 3.17.